The summed E-state index contributed by atoms with van der Waals surface area (Å²) in [6.45, 7) is 4.72. The molecule has 5 rings (SSSR count). The van der Waals surface area contributed by atoms with Crippen molar-refractivity contribution in [2.24, 2.45) is 0 Å². The quantitative estimate of drug-likeness (QED) is 0.289. The summed E-state index contributed by atoms with van der Waals surface area (Å²) < 4.78 is 7.76. The van der Waals surface area contributed by atoms with E-state index in [1.54, 1.807) is 0 Å². The maximum atomic E-state index is 13.3. The second kappa shape index (κ2) is 8.95. The molecule has 1 heterocycles. The fourth-order valence-electron chi connectivity index (χ4n) is 4.51. The molecule has 3 heteroatoms. The van der Waals surface area contributed by atoms with Gasteiger partial charge in [-0.05, 0) is 71.6 Å². The third kappa shape index (κ3) is 4.14. The number of ether oxygens (including phenoxy) is 1. The Balaban J connectivity index is 1.28. The molecule has 0 spiro atoms. The van der Waals surface area contributed by atoms with Gasteiger partial charge in [-0.1, -0.05) is 61.5 Å². The van der Waals surface area contributed by atoms with Crippen molar-refractivity contribution >= 4 is 27.6 Å². The Bertz CT molecular complexity index is 1440. The van der Waals surface area contributed by atoms with Crippen LogP contribution in [-0.2, 0) is 12.8 Å². The fraction of sp³-hybridized carbons (Fsp3) is 0.167. The van der Waals surface area contributed by atoms with Crippen LogP contribution in [0.4, 0.5) is 0 Å². The normalized spacial score (nSPS) is 11.2. The van der Waals surface area contributed by atoms with Crippen molar-refractivity contribution in [1.29, 1.82) is 0 Å². The Morgan fingerprint density at radius 2 is 1.64 bits per heavy atom. The van der Waals surface area contributed by atoms with Crippen molar-refractivity contribution < 1.29 is 9.53 Å². The number of benzene rings is 4. The fourth-order valence-corrected chi connectivity index (χ4v) is 4.51. The van der Waals surface area contributed by atoms with Gasteiger partial charge >= 0.3 is 0 Å². The number of aryl methyl sites for hydroxylation is 2. The van der Waals surface area contributed by atoms with Gasteiger partial charge in [0.05, 0.1) is 12.1 Å². The Hall–Kier alpha value is -3.85. The number of carbonyl (C=O) groups excluding carboxylic acids is 1. The van der Waals surface area contributed by atoms with Crippen LogP contribution in [0.15, 0.2) is 91.0 Å². The first kappa shape index (κ1) is 21.0. The lowest BCUT2D eigenvalue weighted by atomic mass is 10.1. The Morgan fingerprint density at radius 1 is 0.848 bits per heavy atom. The number of fused-ring (bicyclic) bond motifs is 2. The van der Waals surface area contributed by atoms with E-state index in [2.05, 4.69) is 61.5 Å². The zero-order valence-corrected chi connectivity index (χ0v) is 19.0. The lowest BCUT2D eigenvalue weighted by Gasteiger charge is -2.10. The maximum absolute atomic E-state index is 13.3. The first-order chi connectivity index (χ1) is 16.1. The van der Waals surface area contributed by atoms with Crippen LogP contribution in [-0.4, -0.2) is 17.1 Å². The maximum Gasteiger partial charge on any atom is 0.262 e. The molecular weight excluding hydrogens is 406 g/mol. The summed E-state index contributed by atoms with van der Waals surface area (Å²) >= 11 is 0. The summed E-state index contributed by atoms with van der Waals surface area (Å²) in [6.07, 6.45) is 1.78. The predicted octanol–water partition coefficient (Wildman–Crippen LogP) is 6.98. The third-order valence-corrected chi connectivity index (χ3v) is 6.28. The van der Waals surface area contributed by atoms with E-state index >= 15 is 0 Å². The van der Waals surface area contributed by atoms with Gasteiger partial charge in [0.1, 0.15) is 5.75 Å². The molecule has 5 aromatic rings. The molecule has 0 aliphatic carbocycles. The van der Waals surface area contributed by atoms with Crippen molar-refractivity contribution in [3.05, 3.63) is 113 Å². The van der Waals surface area contributed by atoms with E-state index in [1.807, 2.05) is 47.9 Å². The second-order valence-corrected chi connectivity index (χ2v) is 8.43. The molecule has 0 atom stereocenters. The van der Waals surface area contributed by atoms with Crippen LogP contribution in [0.2, 0.25) is 0 Å². The lowest BCUT2D eigenvalue weighted by molar-refractivity contribution is 0.0963. The molecule has 33 heavy (non-hydrogen) atoms. The number of hydrogen-bond acceptors (Lipinski definition) is 2. The average molecular weight is 434 g/mol. The Labute approximate surface area is 194 Å². The van der Waals surface area contributed by atoms with Gasteiger partial charge in [0, 0.05) is 23.1 Å². The first-order valence-corrected chi connectivity index (χ1v) is 11.5. The first-order valence-electron chi connectivity index (χ1n) is 11.5. The van der Waals surface area contributed by atoms with Crippen LogP contribution in [0.3, 0.4) is 0 Å². The summed E-state index contributed by atoms with van der Waals surface area (Å²) in [5, 5.41) is 3.65. The summed E-state index contributed by atoms with van der Waals surface area (Å²) in [5.74, 6) is 0.758. The smallest absolute Gasteiger partial charge is 0.262 e. The van der Waals surface area contributed by atoms with Gasteiger partial charge in [-0.15, -0.1) is 0 Å². The standard InChI is InChI=1S/C30H27NO2/c1-3-23-9-6-10-29-28(23)19-21(2)31(29)30(32)25-13-15-27(16-14-25)33-18-17-22-11-12-24-7-4-5-8-26(24)20-22/h4-16,19-20H,3,17-18H2,1-2H3. The Morgan fingerprint density at radius 3 is 2.42 bits per heavy atom. The molecule has 0 saturated heterocycles. The SMILES string of the molecule is CCc1cccc2c1cc(C)n2C(=O)c1ccc(OCCc2ccc3ccccc3c2)cc1. The number of nitrogens with zero attached hydrogens (tertiary/aromatic N) is 1. The van der Waals surface area contributed by atoms with Crippen LogP contribution in [0.25, 0.3) is 21.7 Å². The zero-order chi connectivity index (χ0) is 22.8. The molecule has 0 unspecified atom stereocenters. The average Bonchev–Trinajstić information content (AvgIpc) is 3.19. The Kier molecular flexibility index (Phi) is 5.70. The molecule has 3 nitrogen and oxygen atoms in total. The summed E-state index contributed by atoms with van der Waals surface area (Å²) in [4.78, 5) is 13.3. The molecule has 0 saturated carbocycles. The summed E-state index contributed by atoms with van der Waals surface area (Å²) in [7, 11) is 0. The monoisotopic (exact) mass is 433 g/mol. The van der Waals surface area contributed by atoms with Crippen LogP contribution in [0.5, 0.6) is 5.75 Å². The van der Waals surface area contributed by atoms with E-state index in [4.69, 9.17) is 4.74 Å². The minimum absolute atomic E-state index is 0.0153. The highest BCUT2D eigenvalue weighted by atomic mass is 16.5. The molecule has 164 valence electrons. The van der Waals surface area contributed by atoms with Crippen molar-refractivity contribution in [2.75, 3.05) is 6.61 Å². The van der Waals surface area contributed by atoms with Crippen molar-refractivity contribution in [3.8, 4) is 5.75 Å². The highest BCUT2D eigenvalue weighted by Gasteiger charge is 2.16. The zero-order valence-electron chi connectivity index (χ0n) is 19.0. The largest absolute Gasteiger partial charge is 0.493 e. The van der Waals surface area contributed by atoms with Gasteiger partial charge in [-0.3, -0.25) is 9.36 Å². The highest BCUT2D eigenvalue weighted by Crippen LogP contribution is 2.25. The molecule has 0 amide bonds. The lowest BCUT2D eigenvalue weighted by Crippen LogP contribution is -2.13. The minimum Gasteiger partial charge on any atom is -0.493 e. The van der Waals surface area contributed by atoms with E-state index in [1.165, 1.54) is 21.9 Å². The van der Waals surface area contributed by atoms with Crippen molar-refractivity contribution in [1.82, 2.24) is 4.57 Å². The van der Waals surface area contributed by atoms with Gasteiger partial charge in [-0.2, -0.15) is 0 Å². The molecule has 1 aromatic heterocycles. The summed E-state index contributed by atoms with van der Waals surface area (Å²) in [6, 6.07) is 30.6. The van der Waals surface area contributed by atoms with E-state index in [0.717, 1.165) is 35.2 Å². The van der Waals surface area contributed by atoms with Crippen LogP contribution >= 0.6 is 0 Å². The van der Waals surface area contributed by atoms with Crippen LogP contribution in [0, 0.1) is 6.92 Å². The van der Waals surface area contributed by atoms with Gasteiger partial charge in [0.25, 0.3) is 5.91 Å². The van der Waals surface area contributed by atoms with Crippen molar-refractivity contribution in [2.45, 2.75) is 26.7 Å². The topological polar surface area (TPSA) is 31.2 Å². The summed E-state index contributed by atoms with van der Waals surface area (Å²) in [5.41, 5.74) is 5.08. The van der Waals surface area contributed by atoms with E-state index in [9.17, 15) is 4.79 Å². The number of hydrogen-bond donors (Lipinski definition) is 0. The van der Waals surface area contributed by atoms with Gasteiger partial charge in [0.2, 0.25) is 0 Å². The second-order valence-electron chi connectivity index (χ2n) is 8.43. The minimum atomic E-state index is -0.0153. The molecule has 0 aliphatic rings. The van der Waals surface area contributed by atoms with E-state index in [-0.39, 0.29) is 5.91 Å². The van der Waals surface area contributed by atoms with Crippen LogP contribution < -0.4 is 4.74 Å². The predicted molar refractivity (Wildman–Crippen MR) is 135 cm³/mol. The number of aromatic nitrogens is 1. The van der Waals surface area contributed by atoms with E-state index in [0.29, 0.717) is 12.2 Å². The van der Waals surface area contributed by atoms with Gasteiger partial charge in [-0.25, -0.2) is 0 Å². The van der Waals surface area contributed by atoms with Crippen molar-refractivity contribution in [3.63, 3.8) is 0 Å². The molecule has 4 aromatic carbocycles. The molecule has 0 aliphatic heterocycles. The van der Waals surface area contributed by atoms with Crippen LogP contribution in [0.1, 0.15) is 34.1 Å². The molecule has 0 radical (unpaired) electrons. The molecule has 0 N–H and O–H groups in total. The molecular formula is C30H27NO2. The molecule has 0 fully saturated rings. The van der Waals surface area contributed by atoms with Gasteiger partial charge < -0.3 is 4.74 Å². The molecule has 0 bridgehead atoms. The number of rotatable bonds is 6. The van der Waals surface area contributed by atoms with Gasteiger partial charge in [0.15, 0.2) is 0 Å². The van der Waals surface area contributed by atoms with E-state index < -0.39 is 0 Å². The third-order valence-electron chi connectivity index (χ3n) is 6.28. The number of carbonyl (C=O) groups is 1. The highest BCUT2D eigenvalue weighted by molar-refractivity contribution is 6.03.